The van der Waals surface area contributed by atoms with Gasteiger partial charge in [-0.15, -0.1) is 6.58 Å². The van der Waals surface area contributed by atoms with E-state index in [9.17, 15) is 19.2 Å². The van der Waals surface area contributed by atoms with Gasteiger partial charge in [-0.2, -0.15) is 0 Å². The van der Waals surface area contributed by atoms with E-state index >= 15 is 0 Å². The molecule has 132 valence electrons. The lowest BCUT2D eigenvalue weighted by Gasteiger charge is -2.05. The summed E-state index contributed by atoms with van der Waals surface area (Å²) in [7, 11) is 1.85. The van der Waals surface area contributed by atoms with Gasteiger partial charge in [0.15, 0.2) is 7.28 Å². The molecule has 1 N–H and O–H groups in total. The van der Waals surface area contributed by atoms with Gasteiger partial charge in [0.2, 0.25) is 0 Å². The maximum atomic E-state index is 12.0. The van der Waals surface area contributed by atoms with Crippen molar-refractivity contribution in [1.29, 1.82) is 0 Å². The van der Waals surface area contributed by atoms with Crippen LogP contribution in [0.5, 0.6) is 0 Å². The second-order valence-corrected chi connectivity index (χ2v) is 6.06. The summed E-state index contributed by atoms with van der Waals surface area (Å²) in [5.74, 6) is -1.62. The Morgan fingerprint density at radius 1 is 1.15 bits per heavy atom. The van der Waals surface area contributed by atoms with Crippen LogP contribution in [0.4, 0.5) is 0 Å². The van der Waals surface area contributed by atoms with Crippen molar-refractivity contribution in [2.45, 2.75) is 13.8 Å². The van der Waals surface area contributed by atoms with Crippen LogP contribution in [0.3, 0.4) is 0 Å². The summed E-state index contributed by atoms with van der Waals surface area (Å²) in [6.45, 7) is 11.0. The fraction of sp³-hybridized carbons (Fsp3) is 0.158. The Morgan fingerprint density at radius 3 is 2.27 bits per heavy atom. The molecule has 0 unspecified atom stereocenters. The molecule has 1 saturated heterocycles. The van der Waals surface area contributed by atoms with Crippen LogP contribution >= 0.6 is 0 Å². The second-order valence-electron chi connectivity index (χ2n) is 6.06. The van der Waals surface area contributed by atoms with Crippen LogP contribution in [0, 0.1) is 0 Å². The Bertz CT molecular complexity index is 887. The van der Waals surface area contributed by atoms with Gasteiger partial charge in [-0.05, 0) is 19.9 Å². The molecule has 2 aliphatic rings. The number of rotatable bonds is 5. The molecule has 0 saturated carbocycles. The number of nitrogens with zero attached hydrogens (tertiary/aromatic N) is 1. The number of carbonyl (C=O) groups excluding carboxylic acids is 4. The van der Waals surface area contributed by atoms with Crippen molar-refractivity contribution in [2.75, 3.05) is 7.05 Å². The second kappa shape index (κ2) is 7.35. The number of carbonyl (C=O) groups is 4. The number of hydrogen-bond donors (Lipinski definition) is 1. The first-order chi connectivity index (χ1) is 12.2. The summed E-state index contributed by atoms with van der Waals surface area (Å²) in [5.41, 5.74) is 2.56. The minimum absolute atomic E-state index is 0.134. The van der Waals surface area contributed by atoms with Gasteiger partial charge < -0.3 is 0 Å². The van der Waals surface area contributed by atoms with Crippen molar-refractivity contribution in [3.63, 3.8) is 0 Å². The van der Waals surface area contributed by atoms with Crippen LogP contribution in [-0.4, -0.2) is 42.9 Å². The van der Waals surface area contributed by atoms with Gasteiger partial charge in [0.25, 0.3) is 23.6 Å². The van der Waals surface area contributed by atoms with E-state index in [1.807, 2.05) is 6.92 Å². The average molecular weight is 350 g/mol. The van der Waals surface area contributed by atoms with E-state index in [4.69, 9.17) is 0 Å². The van der Waals surface area contributed by atoms with Crippen molar-refractivity contribution >= 4 is 30.9 Å². The molecule has 0 aliphatic carbocycles. The van der Waals surface area contributed by atoms with Crippen LogP contribution in [0.1, 0.15) is 13.8 Å². The van der Waals surface area contributed by atoms with Crippen LogP contribution in [0.25, 0.3) is 0 Å². The summed E-state index contributed by atoms with van der Waals surface area (Å²) in [6, 6.07) is 0. The molecule has 0 aromatic heterocycles. The van der Waals surface area contributed by atoms with Crippen LogP contribution in [-0.2, 0) is 19.2 Å². The van der Waals surface area contributed by atoms with Crippen molar-refractivity contribution in [2.24, 2.45) is 0 Å². The lowest BCUT2D eigenvalue weighted by molar-refractivity contribution is -0.136. The van der Waals surface area contributed by atoms with Crippen LogP contribution in [0.2, 0.25) is 0 Å². The highest BCUT2D eigenvalue weighted by molar-refractivity contribution is 6.55. The highest BCUT2D eigenvalue weighted by Gasteiger charge is 2.31. The summed E-state index contributed by atoms with van der Waals surface area (Å²) >= 11 is 0. The average Bonchev–Trinajstić information content (AvgIpc) is 2.94. The Kier molecular flexibility index (Phi) is 5.40. The Morgan fingerprint density at radius 2 is 1.81 bits per heavy atom. The van der Waals surface area contributed by atoms with E-state index in [-0.39, 0.29) is 23.0 Å². The fourth-order valence-electron chi connectivity index (χ4n) is 2.60. The third-order valence-electron chi connectivity index (χ3n) is 4.25. The smallest absolute Gasteiger partial charge is 0.260 e. The molecule has 4 amide bonds. The highest BCUT2D eigenvalue weighted by atomic mass is 16.2. The molecule has 0 radical (unpaired) electrons. The van der Waals surface area contributed by atoms with Gasteiger partial charge in [0.05, 0.1) is 5.57 Å². The van der Waals surface area contributed by atoms with Gasteiger partial charge in [-0.3, -0.25) is 29.4 Å². The van der Waals surface area contributed by atoms with Crippen molar-refractivity contribution in [1.82, 2.24) is 10.2 Å². The van der Waals surface area contributed by atoms with Crippen molar-refractivity contribution in [3.05, 3.63) is 70.7 Å². The minimum Gasteiger partial charge on any atom is -0.288 e. The van der Waals surface area contributed by atoms with Gasteiger partial charge in [-0.1, -0.05) is 35.8 Å². The van der Waals surface area contributed by atoms with E-state index in [1.165, 1.54) is 7.05 Å². The number of likely N-dealkylation sites (N-methyl/N-ethyl adjacent to an activating group) is 1. The maximum Gasteiger partial charge on any atom is 0.260 e. The zero-order valence-corrected chi connectivity index (χ0v) is 15.0. The number of hydrogen-bond acceptors (Lipinski definition) is 4. The predicted octanol–water partition coefficient (Wildman–Crippen LogP) is 0.851. The zero-order chi connectivity index (χ0) is 19.6. The fourth-order valence-corrected chi connectivity index (χ4v) is 2.60. The van der Waals surface area contributed by atoms with E-state index in [2.05, 4.69) is 18.5 Å². The molecule has 0 bridgehead atoms. The van der Waals surface area contributed by atoms with E-state index in [1.54, 1.807) is 31.2 Å². The molecule has 0 aromatic rings. The van der Waals surface area contributed by atoms with E-state index in [0.29, 0.717) is 23.9 Å². The third kappa shape index (κ3) is 3.56. The molecular formula is C19H19BN2O4. The summed E-state index contributed by atoms with van der Waals surface area (Å²) in [4.78, 5) is 48.1. The molecule has 2 aliphatic heterocycles. The lowest BCUT2D eigenvalue weighted by atomic mass is 9.62. The third-order valence-corrected chi connectivity index (χ3v) is 4.25. The minimum atomic E-state index is -0.494. The highest BCUT2D eigenvalue weighted by Crippen LogP contribution is 2.21. The molecule has 0 aromatic carbocycles. The molecule has 6 nitrogen and oxygen atoms in total. The van der Waals surface area contributed by atoms with Crippen LogP contribution in [0.15, 0.2) is 70.7 Å². The Hall–Kier alpha value is -3.22. The normalized spacial score (nSPS) is 20.1. The Labute approximate surface area is 152 Å². The van der Waals surface area contributed by atoms with Gasteiger partial charge in [0, 0.05) is 23.8 Å². The number of amides is 4. The number of allylic oxidation sites excluding steroid dienone is 5. The first-order valence-corrected chi connectivity index (χ1v) is 7.98. The molecular weight excluding hydrogens is 331 g/mol. The number of imide groups is 2. The molecule has 7 heteroatoms. The van der Waals surface area contributed by atoms with Crippen LogP contribution < -0.4 is 5.32 Å². The summed E-state index contributed by atoms with van der Waals surface area (Å²) in [5, 5.41) is 2.19. The SMILES string of the molecule is C=C(BC(=C/C)/C=C1\C(=C)C(=O)NC1=O)/C=C\C1=C(C)C(=O)N(C)C1=O. The molecule has 1 fully saturated rings. The predicted molar refractivity (Wildman–Crippen MR) is 100 cm³/mol. The molecule has 2 rings (SSSR count). The molecule has 0 atom stereocenters. The van der Waals surface area contributed by atoms with Gasteiger partial charge in [-0.25, -0.2) is 0 Å². The standard InChI is InChI=1S/C19H19BN2O4/c1-6-13(9-15-11(3)16(23)21-17(15)24)20-10(2)7-8-14-12(4)18(25)22(5)19(14)26/h6-9,20H,2-3H2,1,4-5H3,(H,21,23,24)/b8-7-,13-6+,15-9+. The quantitative estimate of drug-likeness (QED) is 0.345. The Balaban J connectivity index is 2.13. The zero-order valence-electron chi connectivity index (χ0n) is 15.0. The van der Waals surface area contributed by atoms with E-state index in [0.717, 1.165) is 10.4 Å². The molecule has 0 spiro atoms. The van der Waals surface area contributed by atoms with Gasteiger partial charge in [0.1, 0.15) is 0 Å². The molecule has 2 heterocycles. The first kappa shape index (κ1) is 19.1. The topological polar surface area (TPSA) is 83.6 Å². The van der Waals surface area contributed by atoms with E-state index < -0.39 is 11.8 Å². The summed E-state index contributed by atoms with van der Waals surface area (Å²) in [6.07, 6.45) is 6.65. The summed E-state index contributed by atoms with van der Waals surface area (Å²) < 4.78 is 0. The first-order valence-electron chi connectivity index (χ1n) is 7.98. The monoisotopic (exact) mass is 350 g/mol. The largest absolute Gasteiger partial charge is 0.288 e. The number of nitrogens with one attached hydrogen (secondary N) is 1. The van der Waals surface area contributed by atoms with Crippen molar-refractivity contribution < 1.29 is 19.2 Å². The van der Waals surface area contributed by atoms with Gasteiger partial charge >= 0.3 is 0 Å². The molecule has 26 heavy (non-hydrogen) atoms. The lowest BCUT2D eigenvalue weighted by Crippen LogP contribution is -2.26. The van der Waals surface area contributed by atoms with Crippen molar-refractivity contribution in [3.8, 4) is 0 Å². The maximum absolute atomic E-state index is 12.0.